The Morgan fingerprint density at radius 1 is 1.20 bits per heavy atom. The highest BCUT2D eigenvalue weighted by Crippen LogP contribution is 2.35. The number of fused-ring (bicyclic) bond motifs is 2. The zero-order valence-electron chi connectivity index (χ0n) is 19.1. The monoisotopic (exact) mass is 492 g/mol. The second kappa shape index (κ2) is 8.90. The fourth-order valence-electron chi connectivity index (χ4n) is 4.54. The number of hydrogen-bond donors (Lipinski definition) is 2. The van der Waals surface area contributed by atoms with E-state index in [4.69, 9.17) is 9.47 Å². The smallest absolute Gasteiger partial charge is 0.414 e. The second-order valence-electron chi connectivity index (χ2n) is 8.70. The van der Waals surface area contributed by atoms with E-state index in [1.54, 1.807) is 18.2 Å². The highest BCUT2D eigenvalue weighted by atomic mass is 32.2. The maximum atomic E-state index is 12.5. The molecule has 2 N–H and O–H groups in total. The molecule has 2 aromatic heterocycles. The van der Waals surface area contributed by atoms with Crippen molar-refractivity contribution in [1.29, 1.82) is 0 Å². The number of cyclic esters (lactones) is 1. The molecule has 1 aromatic carbocycles. The average Bonchev–Trinajstić information content (AvgIpc) is 3.22. The van der Waals surface area contributed by atoms with Gasteiger partial charge in [-0.05, 0) is 30.3 Å². The number of nitrogens with one attached hydrogen (secondary N) is 2. The summed E-state index contributed by atoms with van der Waals surface area (Å²) < 4.78 is 10.9. The molecule has 0 unspecified atom stereocenters. The lowest BCUT2D eigenvalue weighted by Crippen LogP contribution is -2.59. The largest absolute Gasteiger partial charge is 0.481 e. The van der Waals surface area contributed by atoms with Crippen molar-refractivity contribution in [3.05, 3.63) is 42.6 Å². The van der Waals surface area contributed by atoms with Gasteiger partial charge in [-0.2, -0.15) is 0 Å². The highest BCUT2D eigenvalue weighted by molar-refractivity contribution is 8.00. The number of anilines is 3. The number of rotatable bonds is 6. The topological polar surface area (TPSA) is 109 Å². The third kappa shape index (κ3) is 4.21. The van der Waals surface area contributed by atoms with Crippen molar-refractivity contribution in [2.45, 2.75) is 17.0 Å². The van der Waals surface area contributed by atoms with Gasteiger partial charge in [0.1, 0.15) is 11.6 Å². The van der Waals surface area contributed by atoms with Crippen LogP contribution in [0.1, 0.15) is 0 Å². The molecule has 0 radical (unpaired) electrons. The molecule has 1 atom stereocenters. The maximum absolute atomic E-state index is 12.5. The van der Waals surface area contributed by atoms with Crippen LogP contribution in [0, 0.1) is 0 Å². The molecule has 3 aromatic rings. The molecule has 35 heavy (non-hydrogen) atoms. The molecule has 5 heterocycles. The molecule has 0 bridgehead atoms. The maximum Gasteiger partial charge on any atom is 0.414 e. The lowest BCUT2D eigenvalue weighted by Gasteiger charge is -2.41. The van der Waals surface area contributed by atoms with E-state index >= 15 is 0 Å². The number of pyridine rings is 2. The van der Waals surface area contributed by atoms with E-state index in [0.29, 0.717) is 24.7 Å². The molecule has 0 spiro atoms. The molecule has 0 saturated carbocycles. The Morgan fingerprint density at radius 2 is 2.09 bits per heavy atom. The van der Waals surface area contributed by atoms with Gasteiger partial charge in [0.25, 0.3) is 0 Å². The minimum absolute atomic E-state index is 0.0325. The predicted molar refractivity (Wildman–Crippen MR) is 134 cm³/mol. The van der Waals surface area contributed by atoms with E-state index in [1.165, 1.54) is 11.8 Å². The summed E-state index contributed by atoms with van der Waals surface area (Å²) >= 11 is 1.50. The average molecular weight is 493 g/mol. The van der Waals surface area contributed by atoms with Crippen molar-refractivity contribution in [2.24, 2.45) is 0 Å². The number of aromatic nitrogens is 2. The number of thioether (sulfide) groups is 1. The quantitative estimate of drug-likeness (QED) is 0.536. The number of carbonyl (C=O) groups excluding carboxylic acids is 2. The van der Waals surface area contributed by atoms with Crippen LogP contribution < -0.4 is 25.2 Å². The number of nitrogens with zero attached hydrogens (tertiary/aromatic N) is 4. The molecule has 0 aliphatic carbocycles. The van der Waals surface area contributed by atoms with Crippen LogP contribution in [-0.2, 0) is 9.53 Å². The van der Waals surface area contributed by atoms with Gasteiger partial charge in [-0.3, -0.25) is 14.7 Å². The van der Waals surface area contributed by atoms with Crippen LogP contribution in [0.15, 0.2) is 47.5 Å². The molecular weight excluding hydrogens is 468 g/mol. The van der Waals surface area contributed by atoms with Crippen molar-refractivity contribution in [3.63, 3.8) is 0 Å². The molecular formula is C24H24N6O4S. The van der Waals surface area contributed by atoms with E-state index in [9.17, 15) is 9.59 Å². The summed E-state index contributed by atoms with van der Waals surface area (Å²) in [6.07, 6.45) is 1.18. The van der Waals surface area contributed by atoms with E-state index in [1.807, 2.05) is 36.4 Å². The fraction of sp³-hybridized carbons (Fsp3) is 0.333. The number of carbonyl (C=O) groups is 2. The Hall–Kier alpha value is -3.57. The molecule has 2 fully saturated rings. The first kappa shape index (κ1) is 21.9. The Kier molecular flexibility index (Phi) is 5.57. The van der Waals surface area contributed by atoms with Crippen molar-refractivity contribution in [1.82, 2.24) is 15.3 Å². The van der Waals surface area contributed by atoms with E-state index in [2.05, 4.69) is 25.5 Å². The van der Waals surface area contributed by atoms with Crippen molar-refractivity contribution >= 4 is 51.9 Å². The molecule has 2 amide bonds. The molecule has 6 rings (SSSR count). The van der Waals surface area contributed by atoms with E-state index < -0.39 is 0 Å². The van der Waals surface area contributed by atoms with Crippen LogP contribution in [0.5, 0.6) is 5.88 Å². The summed E-state index contributed by atoms with van der Waals surface area (Å²) in [4.78, 5) is 38.1. The molecule has 180 valence electrons. The van der Waals surface area contributed by atoms with E-state index in [0.717, 1.165) is 46.1 Å². The molecule has 2 saturated heterocycles. The summed E-state index contributed by atoms with van der Waals surface area (Å²) in [5.74, 6) is 0.941. The molecule has 10 nitrogen and oxygen atoms in total. The predicted octanol–water partition coefficient (Wildman–Crippen LogP) is 2.49. The Balaban J connectivity index is 1.05. The first-order valence-electron chi connectivity index (χ1n) is 11.4. The number of ether oxygens (including phenoxy) is 2. The Morgan fingerprint density at radius 3 is 2.94 bits per heavy atom. The first-order valence-corrected chi connectivity index (χ1v) is 12.4. The number of benzene rings is 1. The summed E-state index contributed by atoms with van der Waals surface area (Å²) in [6.45, 7) is 2.68. The van der Waals surface area contributed by atoms with Crippen molar-refractivity contribution in [2.75, 3.05) is 54.2 Å². The number of hydrogen-bond acceptors (Lipinski definition) is 9. The van der Waals surface area contributed by atoms with Gasteiger partial charge in [-0.1, -0.05) is 0 Å². The first-order chi connectivity index (χ1) is 17.1. The SMILES string of the molecule is COc1ccc2nccc(N3CC(NC[C@@H]4CN(c5ccc6c(c5)NC(=O)CS6)C(=O)O4)C3)c2n1. The van der Waals surface area contributed by atoms with Gasteiger partial charge >= 0.3 is 6.09 Å². The second-order valence-corrected chi connectivity index (χ2v) is 9.71. The van der Waals surface area contributed by atoms with Gasteiger partial charge in [0.05, 0.1) is 36.3 Å². The molecule has 3 aliphatic rings. The van der Waals surface area contributed by atoms with Gasteiger partial charge in [0.15, 0.2) is 0 Å². The fourth-order valence-corrected chi connectivity index (χ4v) is 5.33. The summed E-state index contributed by atoms with van der Waals surface area (Å²) in [5.41, 5.74) is 4.15. The minimum atomic E-state index is -0.370. The van der Waals surface area contributed by atoms with Gasteiger partial charge in [-0.15, -0.1) is 11.8 Å². The summed E-state index contributed by atoms with van der Waals surface area (Å²) in [5, 5.41) is 6.38. The third-order valence-corrected chi connectivity index (χ3v) is 7.46. The van der Waals surface area contributed by atoms with Gasteiger partial charge in [0.2, 0.25) is 11.8 Å². The minimum Gasteiger partial charge on any atom is -0.481 e. The number of methoxy groups -OCH3 is 1. The zero-order valence-corrected chi connectivity index (χ0v) is 19.9. The summed E-state index contributed by atoms with van der Waals surface area (Å²) in [7, 11) is 1.60. The zero-order chi connectivity index (χ0) is 23.9. The van der Waals surface area contributed by atoms with Crippen LogP contribution in [0.25, 0.3) is 11.0 Å². The number of amides is 2. The third-order valence-electron chi connectivity index (χ3n) is 6.38. The van der Waals surface area contributed by atoms with Crippen molar-refractivity contribution < 1.29 is 19.1 Å². The highest BCUT2D eigenvalue weighted by Gasteiger charge is 2.35. The van der Waals surface area contributed by atoms with Crippen LogP contribution in [0.2, 0.25) is 0 Å². The van der Waals surface area contributed by atoms with Gasteiger partial charge in [-0.25, -0.2) is 9.78 Å². The lowest BCUT2D eigenvalue weighted by molar-refractivity contribution is -0.113. The van der Waals surface area contributed by atoms with Crippen LogP contribution in [0.3, 0.4) is 0 Å². The lowest BCUT2D eigenvalue weighted by atomic mass is 10.1. The Labute approximate surface area is 206 Å². The molecule has 3 aliphatic heterocycles. The van der Waals surface area contributed by atoms with Gasteiger partial charge < -0.3 is 25.0 Å². The van der Waals surface area contributed by atoms with Gasteiger partial charge in [0, 0.05) is 48.5 Å². The van der Waals surface area contributed by atoms with E-state index in [-0.39, 0.29) is 24.1 Å². The standard InChI is InChI=1S/C24H24N6O4S/c1-33-22-5-3-17-23(28-22)19(6-7-25-17)29-10-14(11-29)26-9-16-12-30(24(32)34-16)15-2-4-20-18(8-15)27-21(31)13-35-20/h2-8,14,16,26H,9-13H2,1H3,(H,27,31)/t16-/m1/s1. The molecule has 11 heteroatoms. The normalized spacial score (nSPS) is 19.9. The summed E-state index contributed by atoms with van der Waals surface area (Å²) in [6, 6.07) is 11.6. The van der Waals surface area contributed by atoms with Crippen LogP contribution >= 0.6 is 11.8 Å². The van der Waals surface area contributed by atoms with Crippen molar-refractivity contribution in [3.8, 4) is 5.88 Å². The van der Waals surface area contributed by atoms with Crippen LogP contribution in [0.4, 0.5) is 21.9 Å². The van der Waals surface area contributed by atoms with Crippen LogP contribution in [-0.4, -0.2) is 73.2 Å². The Bertz CT molecular complexity index is 1310.